The van der Waals surface area contributed by atoms with Gasteiger partial charge in [0, 0.05) is 43.4 Å². The van der Waals surface area contributed by atoms with Gasteiger partial charge < -0.3 is 15.0 Å². The number of nitrogens with zero attached hydrogens (tertiary/aromatic N) is 3. The van der Waals surface area contributed by atoms with Crippen LogP contribution in [0.5, 0.6) is 5.75 Å². The van der Waals surface area contributed by atoms with Crippen molar-refractivity contribution in [1.29, 1.82) is 0 Å². The van der Waals surface area contributed by atoms with E-state index < -0.39 is 0 Å². The molecule has 0 fully saturated rings. The lowest BCUT2D eigenvalue weighted by Crippen LogP contribution is -2.37. The summed E-state index contributed by atoms with van der Waals surface area (Å²) in [4.78, 5) is 27.6. The van der Waals surface area contributed by atoms with Crippen LogP contribution in [0.25, 0.3) is 0 Å². The molecule has 0 bridgehead atoms. The lowest BCUT2D eigenvalue weighted by Gasteiger charge is -2.27. The molecule has 32 heavy (non-hydrogen) atoms. The van der Waals surface area contributed by atoms with E-state index in [0.29, 0.717) is 37.4 Å². The molecule has 3 aromatic rings. The average Bonchev–Trinajstić information content (AvgIpc) is 3.14. The maximum Gasteiger partial charge on any atom is 0.272 e. The van der Waals surface area contributed by atoms with Gasteiger partial charge in [-0.2, -0.15) is 5.10 Å². The van der Waals surface area contributed by atoms with E-state index in [0.717, 1.165) is 22.6 Å². The van der Waals surface area contributed by atoms with Crippen LogP contribution < -0.4 is 10.1 Å². The largest absolute Gasteiger partial charge is 0.494 e. The molecule has 0 spiro atoms. The first-order valence-electron chi connectivity index (χ1n) is 10.6. The van der Waals surface area contributed by atoms with Crippen LogP contribution in [0.2, 0.25) is 0 Å². The third-order valence-corrected chi connectivity index (χ3v) is 5.52. The van der Waals surface area contributed by atoms with E-state index in [2.05, 4.69) is 10.4 Å². The number of nitrogens with one attached hydrogen (secondary N) is 1. The smallest absolute Gasteiger partial charge is 0.272 e. The Balaban J connectivity index is 1.48. The van der Waals surface area contributed by atoms with Gasteiger partial charge in [-0.15, -0.1) is 0 Å². The number of aromatic nitrogens is 2. The second-order valence-corrected chi connectivity index (χ2v) is 7.64. The zero-order valence-corrected chi connectivity index (χ0v) is 18.1. The van der Waals surface area contributed by atoms with Crippen molar-refractivity contribution in [3.63, 3.8) is 0 Å². The second kappa shape index (κ2) is 9.21. The lowest BCUT2D eigenvalue weighted by molar-refractivity contribution is 0.0730. The van der Waals surface area contributed by atoms with Crippen molar-refractivity contribution in [3.05, 3.63) is 82.4 Å². The van der Waals surface area contributed by atoms with E-state index in [-0.39, 0.29) is 24.2 Å². The summed E-state index contributed by atoms with van der Waals surface area (Å²) >= 11 is 0. The van der Waals surface area contributed by atoms with Crippen LogP contribution in [-0.2, 0) is 26.6 Å². The molecule has 0 atom stereocenters. The van der Waals surface area contributed by atoms with Crippen LogP contribution in [0.4, 0.5) is 4.39 Å². The maximum absolute atomic E-state index is 13.1. The third kappa shape index (κ3) is 4.49. The number of halogens is 1. The Labute approximate surface area is 185 Å². The number of hydrogen-bond donors (Lipinski definition) is 1. The monoisotopic (exact) mass is 436 g/mol. The number of aryl methyl sites for hydroxylation is 1. The fourth-order valence-corrected chi connectivity index (χ4v) is 3.86. The number of carbonyl (C=O) groups excluding carboxylic acids is 2. The van der Waals surface area contributed by atoms with Crippen LogP contribution in [0.15, 0.2) is 48.5 Å². The molecule has 7 nitrogen and oxygen atoms in total. The molecular weight excluding hydrogens is 411 g/mol. The van der Waals surface area contributed by atoms with Crippen molar-refractivity contribution in [2.24, 2.45) is 7.05 Å². The maximum atomic E-state index is 13.1. The van der Waals surface area contributed by atoms with E-state index in [1.165, 1.54) is 12.1 Å². The molecule has 0 aliphatic carbocycles. The van der Waals surface area contributed by atoms with Gasteiger partial charge in [0.15, 0.2) is 5.69 Å². The second-order valence-electron chi connectivity index (χ2n) is 7.64. The SMILES string of the molecule is CCOc1ccc(C(=O)N2CCc3c(c(C(=O)NCc4ccc(F)cc4)nn3C)C2)cc1. The van der Waals surface area contributed by atoms with Gasteiger partial charge >= 0.3 is 0 Å². The molecule has 1 N–H and O–H groups in total. The van der Waals surface area contributed by atoms with E-state index in [9.17, 15) is 14.0 Å². The van der Waals surface area contributed by atoms with Crippen LogP contribution in [0.3, 0.4) is 0 Å². The summed E-state index contributed by atoms with van der Waals surface area (Å²) in [5, 5.41) is 7.24. The van der Waals surface area contributed by atoms with Crippen molar-refractivity contribution in [2.45, 2.75) is 26.4 Å². The van der Waals surface area contributed by atoms with E-state index in [4.69, 9.17) is 4.74 Å². The van der Waals surface area contributed by atoms with Gasteiger partial charge in [0.2, 0.25) is 0 Å². The molecule has 0 radical (unpaired) electrons. The van der Waals surface area contributed by atoms with Gasteiger partial charge in [0.25, 0.3) is 11.8 Å². The highest BCUT2D eigenvalue weighted by Gasteiger charge is 2.29. The Kier molecular flexibility index (Phi) is 6.20. The predicted octanol–water partition coefficient (Wildman–Crippen LogP) is 3.09. The fraction of sp³-hybridized carbons (Fsp3) is 0.292. The highest BCUT2D eigenvalue weighted by Crippen LogP contribution is 2.24. The number of rotatable bonds is 6. The van der Waals surface area contributed by atoms with Crippen molar-refractivity contribution < 1.29 is 18.7 Å². The van der Waals surface area contributed by atoms with Crippen LogP contribution in [0.1, 0.15) is 44.6 Å². The van der Waals surface area contributed by atoms with E-state index in [1.54, 1.807) is 53.0 Å². The summed E-state index contributed by atoms with van der Waals surface area (Å²) in [5.74, 6) is -0.0183. The zero-order chi connectivity index (χ0) is 22.7. The summed E-state index contributed by atoms with van der Waals surface area (Å²) in [6, 6.07) is 13.0. The van der Waals surface area contributed by atoms with Gasteiger partial charge in [0.05, 0.1) is 13.2 Å². The molecule has 1 aromatic heterocycles. The normalized spacial score (nSPS) is 12.9. The average molecular weight is 436 g/mol. The Morgan fingerprint density at radius 2 is 1.84 bits per heavy atom. The number of hydrogen-bond acceptors (Lipinski definition) is 4. The highest BCUT2D eigenvalue weighted by atomic mass is 19.1. The topological polar surface area (TPSA) is 76.5 Å². The van der Waals surface area contributed by atoms with Crippen molar-refractivity contribution in [2.75, 3.05) is 13.2 Å². The summed E-state index contributed by atoms with van der Waals surface area (Å²) in [6.07, 6.45) is 0.618. The van der Waals surface area contributed by atoms with Gasteiger partial charge in [-0.25, -0.2) is 4.39 Å². The van der Waals surface area contributed by atoms with Gasteiger partial charge in [0.1, 0.15) is 11.6 Å². The number of fused-ring (bicyclic) bond motifs is 1. The zero-order valence-electron chi connectivity index (χ0n) is 18.1. The number of ether oxygens (including phenoxy) is 1. The summed E-state index contributed by atoms with van der Waals surface area (Å²) in [7, 11) is 1.81. The molecule has 2 aromatic carbocycles. The molecule has 8 heteroatoms. The standard InChI is InChI=1S/C24H25FN4O3/c1-3-32-19-10-6-17(7-11-19)24(31)29-13-12-21-20(15-29)22(27-28(21)2)23(30)26-14-16-4-8-18(25)9-5-16/h4-11H,3,12-15H2,1-2H3,(H,26,30). The van der Waals surface area contributed by atoms with Crippen LogP contribution in [-0.4, -0.2) is 39.6 Å². The Bertz CT molecular complexity index is 1120. The van der Waals surface area contributed by atoms with Gasteiger partial charge in [-0.05, 0) is 48.9 Å². The predicted molar refractivity (Wildman–Crippen MR) is 117 cm³/mol. The molecular formula is C24H25FN4O3. The van der Waals surface area contributed by atoms with Gasteiger partial charge in [-0.3, -0.25) is 14.3 Å². The molecule has 1 aliphatic rings. The minimum atomic E-state index is -0.323. The van der Waals surface area contributed by atoms with Crippen LogP contribution in [0, 0.1) is 5.82 Å². The quantitative estimate of drug-likeness (QED) is 0.644. The van der Waals surface area contributed by atoms with E-state index in [1.807, 2.05) is 6.92 Å². The van der Waals surface area contributed by atoms with Crippen molar-refractivity contribution in [1.82, 2.24) is 20.0 Å². The molecule has 166 valence electrons. The van der Waals surface area contributed by atoms with Crippen LogP contribution >= 0.6 is 0 Å². The number of carbonyl (C=O) groups is 2. The molecule has 1 aliphatic heterocycles. The van der Waals surface area contributed by atoms with Crippen molar-refractivity contribution >= 4 is 11.8 Å². The molecule has 2 heterocycles. The molecule has 0 saturated carbocycles. The fourth-order valence-electron chi connectivity index (χ4n) is 3.86. The Hall–Kier alpha value is -3.68. The minimum Gasteiger partial charge on any atom is -0.494 e. The summed E-state index contributed by atoms with van der Waals surface area (Å²) in [5.41, 5.74) is 3.39. The molecule has 0 saturated heterocycles. The first-order valence-corrected chi connectivity index (χ1v) is 10.6. The Morgan fingerprint density at radius 1 is 1.12 bits per heavy atom. The third-order valence-electron chi connectivity index (χ3n) is 5.52. The minimum absolute atomic E-state index is 0.0970. The molecule has 0 unspecified atom stereocenters. The number of benzene rings is 2. The summed E-state index contributed by atoms with van der Waals surface area (Å²) in [6.45, 7) is 3.60. The first kappa shape index (κ1) is 21.5. The Morgan fingerprint density at radius 3 is 2.53 bits per heavy atom. The van der Waals surface area contributed by atoms with E-state index >= 15 is 0 Å². The summed E-state index contributed by atoms with van der Waals surface area (Å²) < 4.78 is 20.2. The first-order chi connectivity index (χ1) is 15.5. The molecule has 2 amide bonds. The number of amides is 2. The lowest BCUT2D eigenvalue weighted by atomic mass is 10.0. The molecule has 4 rings (SSSR count). The highest BCUT2D eigenvalue weighted by molar-refractivity contribution is 5.96. The van der Waals surface area contributed by atoms with Crippen molar-refractivity contribution in [3.8, 4) is 5.75 Å². The van der Waals surface area contributed by atoms with Gasteiger partial charge in [-0.1, -0.05) is 12.1 Å².